The Morgan fingerprint density at radius 3 is 1.90 bits per heavy atom. The first kappa shape index (κ1) is 39.0. The van der Waals surface area contributed by atoms with Crippen molar-refractivity contribution in [2.75, 3.05) is 11.5 Å². The van der Waals surface area contributed by atoms with Crippen molar-refractivity contribution in [3.05, 3.63) is 59.7 Å². The molecule has 9 nitrogen and oxygen atoms in total. The summed E-state index contributed by atoms with van der Waals surface area (Å²) in [7, 11) is 1.76. The number of ether oxygens (including phenoxy) is 1. The molecule has 0 unspecified atom stereocenters. The average Bonchev–Trinajstić information content (AvgIpc) is 3.55. The number of anilines is 1. The molecular formula is C37H46F6N6O3. The SMILES string of the molecule is CCOC(=O)CC1CCC(C(=O)N2[C@H](CC)C[C@@H](N(Cc3cc(C(F)(F)F)cc(C(F)(F)F)c3)c3ncc(-c4cnn(C)c4)cn3)C[C@@H]2CC)CC1. The molecule has 0 bridgehead atoms. The van der Waals surface area contributed by atoms with Crippen LogP contribution >= 0.6 is 0 Å². The van der Waals surface area contributed by atoms with Crippen LogP contribution in [-0.2, 0) is 40.3 Å². The zero-order valence-corrected chi connectivity index (χ0v) is 29.9. The Morgan fingerprint density at radius 2 is 1.42 bits per heavy atom. The van der Waals surface area contributed by atoms with Crippen LogP contribution in [0.3, 0.4) is 0 Å². The van der Waals surface area contributed by atoms with Gasteiger partial charge < -0.3 is 14.5 Å². The zero-order chi connectivity index (χ0) is 37.8. The largest absolute Gasteiger partial charge is 0.466 e. The second-order valence-electron chi connectivity index (χ2n) is 13.9. The Kier molecular flexibility index (Phi) is 12.2. The van der Waals surface area contributed by atoms with Gasteiger partial charge in [0.05, 0.1) is 23.9 Å². The molecular weight excluding hydrogens is 690 g/mol. The summed E-state index contributed by atoms with van der Waals surface area (Å²) in [4.78, 5) is 39.0. The first-order chi connectivity index (χ1) is 24.6. The number of hydrogen-bond acceptors (Lipinski definition) is 7. The van der Waals surface area contributed by atoms with Crippen LogP contribution in [0.4, 0.5) is 32.3 Å². The van der Waals surface area contributed by atoms with E-state index in [1.807, 2.05) is 18.7 Å². The number of carbonyl (C=O) groups excluding carboxylic acids is 2. The molecule has 2 aromatic heterocycles. The van der Waals surface area contributed by atoms with Gasteiger partial charge in [-0.1, -0.05) is 13.8 Å². The van der Waals surface area contributed by atoms with Crippen LogP contribution in [0.5, 0.6) is 0 Å². The number of likely N-dealkylation sites (tertiary alicyclic amines) is 1. The van der Waals surface area contributed by atoms with E-state index in [1.54, 1.807) is 48.3 Å². The third kappa shape index (κ3) is 9.24. The predicted molar refractivity (Wildman–Crippen MR) is 182 cm³/mol. The standard InChI is InChI=1S/C37H46F6N6O3/c1-5-30-16-32(17-31(6-2)49(30)34(51)25-10-8-23(9-11-25)14-33(50)52-7-3)48(35-44-18-26(19-45-35)27-20-46-47(4)22-27)21-24-12-28(36(38,39)40)15-29(13-24)37(41,42)43/h12-13,15,18-20,22-23,25,30-32H,5-11,14,16-17,21H2,1-4H3/t23?,25?,30-,31+,32-. The van der Waals surface area contributed by atoms with Gasteiger partial charge >= 0.3 is 18.3 Å². The number of aryl methyl sites for hydroxylation is 1. The van der Waals surface area contributed by atoms with Gasteiger partial charge in [-0.15, -0.1) is 0 Å². The van der Waals surface area contributed by atoms with Crippen molar-refractivity contribution in [2.45, 2.75) is 116 Å². The first-order valence-electron chi connectivity index (χ1n) is 17.9. The van der Waals surface area contributed by atoms with Gasteiger partial charge in [0, 0.05) is 73.8 Å². The van der Waals surface area contributed by atoms with E-state index in [9.17, 15) is 35.9 Å². The number of halogens is 6. The highest BCUT2D eigenvalue weighted by Gasteiger charge is 2.43. The molecule has 52 heavy (non-hydrogen) atoms. The lowest BCUT2D eigenvalue weighted by Gasteiger charge is -2.49. The van der Waals surface area contributed by atoms with Gasteiger partial charge in [0.25, 0.3) is 0 Å². The topological polar surface area (TPSA) is 93.5 Å². The molecule has 2 fully saturated rings. The number of piperidine rings is 1. The Hall–Kier alpha value is -4.17. The van der Waals surface area contributed by atoms with Crippen LogP contribution in [0.15, 0.2) is 43.0 Å². The molecule has 15 heteroatoms. The van der Waals surface area contributed by atoms with Gasteiger partial charge in [0.2, 0.25) is 11.9 Å². The van der Waals surface area contributed by atoms with Crippen LogP contribution in [-0.4, -0.2) is 61.3 Å². The van der Waals surface area contributed by atoms with Crippen LogP contribution < -0.4 is 4.90 Å². The summed E-state index contributed by atoms with van der Waals surface area (Å²) in [5, 5.41) is 4.16. The van der Waals surface area contributed by atoms with E-state index < -0.39 is 29.5 Å². The van der Waals surface area contributed by atoms with Crippen molar-refractivity contribution in [2.24, 2.45) is 18.9 Å². The van der Waals surface area contributed by atoms with E-state index in [4.69, 9.17) is 4.74 Å². The Morgan fingerprint density at radius 1 is 0.846 bits per heavy atom. The van der Waals surface area contributed by atoms with Gasteiger partial charge in [-0.25, -0.2) is 9.97 Å². The third-order valence-electron chi connectivity index (χ3n) is 10.4. The fraction of sp³-hybridized carbons (Fsp3) is 0.595. The van der Waals surface area contributed by atoms with Gasteiger partial charge in [-0.3, -0.25) is 14.3 Å². The Bertz CT molecular complexity index is 1620. The summed E-state index contributed by atoms with van der Waals surface area (Å²) in [6.07, 6.45) is 1.76. The van der Waals surface area contributed by atoms with Crippen LogP contribution in [0.1, 0.15) is 95.2 Å². The number of carbonyl (C=O) groups is 2. The lowest BCUT2D eigenvalue weighted by atomic mass is 9.78. The molecule has 0 spiro atoms. The fourth-order valence-corrected chi connectivity index (χ4v) is 7.73. The Balaban J connectivity index is 1.44. The van der Waals surface area contributed by atoms with Crippen molar-refractivity contribution < 1.29 is 40.7 Å². The second kappa shape index (κ2) is 16.2. The maximum Gasteiger partial charge on any atom is 0.416 e. The summed E-state index contributed by atoms with van der Waals surface area (Å²) in [5.74, 6) is -0.0273. The molecule has 284 valence electrons. The molecule has 1 amide bonds. The quantitative estimate of drug-likeness (QED) is 0.145. The predicted octanol–water partition coefficient (Wildman–Crippen LogP) is 8.23. The molecule has 1 aromatic carbocycles. The van der Waals surface area contributed by atoms with Gasteiger partial charge in [-0.2, -0.15) is 31.4 Å². The Labute approximate surface area is 299 Å². The van der Waals surface area contributed by atoms with Crippen molar-refractivity contribution in [3.63, 3.8) is 0 Å². The summed E-state index contributed by atoms with van der Waals surface area (Å²) >= 11 is 0. The third-order valence-corrected chi connectivity index (χ3v) is 10.4. The summed E-state index contributed by atoms with van der Waals surface area (Å²) in [5.41, 5.74) is -1.57. The molecule has 1 aliphatic carbocycles. The molecule has 0 N–H and O–H groups in total. The van der Waals surface area contributed by atoms with Crippen molar-refractivity contribution >= 4 is 17.8 Å². The van der Waals surface area contributed by atoms with Gasteiger partial charge in [0.1, 0.15) is 0 Å². The maximum atomic E-state index is 14.2. The van der Waals surface area contributed by atoms with E-state index in [0.29, 0.717) is 57.1 Å². The number of alkyl halides is 6. The fourth-order valence-electron chi connectivity index (χ4n) is 7.73. The normalized spacial score (nSPS) is 22.7. The molecule has 3 aromatic rings. The van der Waals surface area contributed by atoms with Crippen LogP contribution in [0.2, 0.25) is 0 Å². The minimum Gasteiger partial charge on any atom is -0.466 e. The first-order valence-corrected chi connectivity index (χ1v) is 17.9. The highest BCUT2D eigenvalue weighted by atomic mass is 19.4. The molecule has 1 saturated heterocycles. The van der Waals surface area contributed by atoms with Crippen molar-refractivity contribution in [3.8, 4) is 11.1 Å². The van der Waals surface area contributed by atoms with Crippen molar-refractivity contribution in [1.29, 1.82) is 0 Å². The number of benzene rings is 1. The van der Waals surface area contributed by atoms with E-state index in [0.717, 1.165) is 30.5 Å². The number of nitrogens with zero attached hydrogens (tertiary/aromatic N) is 6. The van der Waals surface area contributed by atoms with Gasteiger partial charge in [0.15, 0.2) is 0 Å². The smallest absolute Gasteiger partial charge is 0.416 e. The molecule has 1 aliphatic heterocycles. The average molecular weight is 737 g/mol. The molecule has 3 heterocycles. The molecule has 5 rings (SSSR count). The number of aromatic nitrogens is 4. The molecule has 1 saturated carbocycles. The molecule has 3 atom stereocenters. The summed E-state index contributed by atoms with van der Waals surface area (Å²) in [6.45, 7) is 5.74. The van der Waals surface area contributed by atoms with E-state index >= 15 is 0 Å². The lowest BCUT2D eigenvalue weighted by Crippen LogP contribution is -2.58. The zero-order valence-electron chi connectivity index (χ0n) is 29.9. The minimum absolute atomic E-state index is 0.0584. The highest BCUT2D eigenvalue weighted by Crippen LogP contribution is 2.40. The molecule has 2 aliphatic rings. The van der Waals surface area contributed by atoms with Crippen molar-refractivity contribution in [1.82, 2.24) is 24.6 Å². The monoisotopic (exact) mass is 736 g/mol. The number of amides is 1. The van der Waals surface area contributed by atoms with E-state index in [2.05, 4.69) is 15.1 Å². The van der Waals surface area contributed by atoms with E-state index in [-0.39, 0.29) is 59.9 Å². The van der Waals surface area contributed by atoms with Crippen LogP contribution in [0, 0.1) is 11.8 Å². The number of esters is 1. The summed E-state index contributed by atoms with van der Waals surface area (Å²) in [6, 6.07) is 0.778. The highest BCUT2D eigenvalue weighted by molar-refractivity contribution is 5.80. The summed E-state index contributed by atoms with van der Waals surface area (Å²) < 4.78 is 89.9. The minimum atomic E-state index is -4.99. The van der Waals surface area contributed by atoms with Crippen LogP contribution in [0.25, 0.3) is 11.1 Å². The molecule has 0 radical (unpaired) electrons. The van der Waals surface area contributed by atoms with Gasteiger partial charge in [-0.05, 0) is 88.0 Å². The van der Waals surface area contributed by atoms with E-state index in [1.165, 1.54) is 0 Å². The second-order valence-corrected chi connectivity index (χ2v) is 13.9. The lowest BCUT2D eigenvalue weighted by molar-refractivity contribution is -0.146. The number of rotatable bonds is 11. The number of hydrogen-bond donors (Lipinski definition) is 0. The maximum absolute atomic E-state index is 14.2.